The van der Waals surface area contributed by atoms with Gasteiger partial charge >= 0.3 is 0 Å². The van der Waals surface area contributed by atoms with Crippen LogP contribution in [0.4, 0.5) is 5.69 Å². The van der Waals surface area contributed by atoms with E-state index in [9.17, 15) is 10.4 Å². The van der Waals surface area contributed by atoms with Gasteiger partial charge in [0.2, 0.25) is 0 Å². The number of ether oxygens (including phenoxy) is 1. The zero-order valence-corrected chi connectivity index (χ0v) is 16.3. The fourth-order valence-corrected chi connectivity index (χ4v) is 4.35. The molecule has 28 heavy (non-hydrogen) atoms. The molecule has 0 radical (unpaired) electrons. The monoisotopic (exact) mass is 381 g/mol. The van der Waals surface area contributed by atoms with E-state index in [4.69, 9.17) is 4.74 Å². The number of aliphatic hydroxyl groups is 1. The van der Waals surface area contributed by atoms with E-state index in [1.54, 1.807) is 12.4 Å². The van der Waals surface area contributed by atoms with E-state index in [0.717, 1.165) is 30.7 Å². The molecule has 3 heterocycles. The molecule has 0 aliphatic carbocycles. The minimum atomic E-state index is -0.670. The Labute approximate surface area is 165 Å². The number of aromatic nitrogens is 2. The lowest BCUT2D eigenvalue weighted by Crippen LogP contribution is -2.54. The van der Waals surface area contributed by atoms with Crippen LogP contribution in [0, 0.1) is 17.2 Å². The molecule has 148 valence electrons. The third-order valence-corrected chi connectivity index (χ3v) is 5.87. The fraction of sp³-hybridized carbons (Fsp3) is 0.571. The van der Waals surface area contributed by atoms with Crippen molar-refractivity contribution in [2.24, 2.45) is 5.92 Å². The van der Waals surface area contributed by atoms with Gasteiger partial charge in [-0.1, -0.05) is 6.92 Å². The van der Waals surface area contributed by atoms with Crippen LogP contribution in [0.15, 0.2) is 24.5 Å². The Hall–Kier alpha value is -2.27. The number of nitrogens with one attached hydrogen (secondary N) is 1. The van der Waals surface area contributed by atoms with Gasteiger partial charge in [0, 0.05) is 64.1 Å². The summed E-state index contributed by atoms with van der Waals surface area (Å²) in [5.41, 5.74) is 2.33. The summed E-state index contributed by atoms with van der Waals surface area (Å²) < 4.78 is 5.38. The van der Waals surface area contributed by atoms with Gasteiger partial charge in [-0.15, -0.1) is 0 Å². The lowest BCUT2D eigenvalue weighted by Gasteiger charge is -2.40. The molecule has 4 rings (SSSR count). The average molecular weight is 381 g/mol. The molecule has 0 spiro atoms. The van der Waals surface area contributed by atoms with E-state index in [2.05, 4.69) is 33.2 Å². The van der Waals surface area contributed by atoms with Crippen molar-refractivity contribution in [3.8, 4) is 6.07 Å². The Kier molecular flexibility index (Phi) is 5.44. The van der Waals surface area contributed by atoms with Crippen LogP contribution < -0.4 is 10.2 Å². The molecule has 2 atom stereocenters. The van der Waals surface area contributed by atoms with Gasteiger partial charge in [-0.3, -0.25) is 9.97 Å². The SMILES string of the molecule is C[C@@H]1C[C@H](NCC2(O)CCOCC2)CN(c2ccc(C#N)c3nccnc23)C1. The predicted octanol–water partition coefficient (Wildman–Crippen LogP) is 1.85. The van der Waals surface area contributed by atoms with Gasteiger partial charge in [-0.25, -0.2) is 0 Å². The van der Waals surface area contributed by atoms with E-state index in [0.29, 0.717) is 49.6 Å². The van der Waals surface area contributed by atoms with Crippen molar-refractivity contribution in [1.29, 1.82) is 5.26 Å². The minimum Gasteiger partial charge on any atom is -0.388 e. The summed E-state index contributed by atoms with van der Waals surface area (Å²) in [6.07, 6.45) is 5.74. The zero-order chi connectivity index (χ0) is 19.6. The van der Waals surface area contributed by atoms with Gasteiger partial charge in [0.1, 0.15) is 17.1 Å². The number of benzene rings is 1. The average Bonchev–Trinajstić information content (AvgIpc) is 2.72. The number of fused-ring (bicyclic) bond motifs is 1. The third-order valence-electron chi connectivity index (χ3n) is 5.87. The van der Waals surface area contributed by atoms with Gasteiger partial charge in [0.05, 0.1) is 16.9 Å². The van der Waals surface area contributed by atoms with Gasteiger partial charge in [-0.2, -0.15) is 5.26 Å². The Morgan fingerprint density at radius 2 is 2.00 bits per heavy atom. The number of nitriles is 1. The van der Waals surface area contributed by atoms with Crippen LogP contribution in [0.5, 0.6) is 0 Å². The van der Waals surface area contributed by atoms with E-state index in [-0.39, 0.29) is 6.04 Å². The fourth-order valence-electron chi connectivity index (χ4n) is 4.35. The molecule has 2 aliphatic heterocycles. The molecular weight excluding hydrogens is 354 g/mol. The summed E-state index contributed by atoms with van der Waals surface area (Å²) in [4.78, 5) is 11.2. The molecule has 0 amide bonds. The van der Waals surface area contributed by atoms with Crippen molar-refractivity contribution in [2.75, 3.05) is 37.7 Å². The first-order valence-electron chi connectivity index (χ1n) is 10.0. The second kappa shape index (κ2) is 8.00. The smallest absolute Gasteiger partial charge is 0.113 e. The van der Waals surface area contributed by atoms with E-state index >= 15 is 0 Å². The second-order valence-corrected chi connectivity index (χ2v) is 8.16. The first kappa shape index (κ1) is 19.1. The van der Waals surface area contributed by atoms with Crippen LogP contribution in [0.1, 0.15) is 31.7 Å². The quantitative estimate of drug-likeness (QED) is 0.834. The van der Waals surface area contributed by atoms with E-state index in [1.165, 1.54) is 0 Å². The summed E-state index contributed by atoms with van der Waals surface area (Å²) in [6.45, 7) is 5.88. The van der Waals surface area contributed by atoms with Crippen LogP contribution in [0.25, 0.3) is 11.0 Å². The largest absolute Gasteiger partial charge is 0.388 e. The van der Waals surface area contributed by atoms with Crippen LogP contribution in [0.3, 0.4) is 0 Å². The molecular formula is C21H27N5O2. The highest BCUT2D eigenvalue weighted by atomic mass is 16.5. The molecule has 0 unspecified atom stereocenters. The maximum absolute atomic E-state index is 10.7. The lowest BCUT2D eigenvalue weighted by atomic mass is 9.91. The standard InChI is InChI=1S/C21H27N5O2/c1-15-10-17(25-14-21(27)4-8-28-9-5-21)13-26(12-15)18-3-2-16(11-22)19-20(18)24-7-6-23-19/h2-3,6-7,15,17,25,27H,4-5,8-10,12-14H2,1H3/t15-,17+/m1/s1. The number of anilines is 1. The van der Waals surface area contributed by atoms with Gasteiger partial charge in [-0.05, 0) is 24.5 Å². The van der Waals surface area contributed by atoms with Crippen LogP contribution >= 0.6 is 0 Å². The Morgan fingerprint density at radius 3 is 2.75 bits per heavy atom. The van der Waals surface area contributed by atoms with Gasteiger partial charge < -0.3 is 20.1 Å². The first-order valence-corrected chi connectivity index (χ1v) is 10.0. The lowest BCUT2D eigenvalue weighted by molar-refractivity contribution is -0.0630. The second-order valence-electron chi connectivity index (χ2n) is 8.16. The van der Waals surface area contributed by atoms with Crippen LogP contribution in [-0.2, 0) is 4.74 Å². The van der Waals surface area contributed by atoms with Crippen LogP contribution in [0.2, 0.25) is 0 Å². The van der Waals surface area contributed by atoms with Gasteiger partial charge in [0.15, 0.2) is 0 Å². The Balaban J connectivity index is 1.52. The summed E-state index contributed by atoms with van der Waals surface area (Å²) in [5, 5.41) is 23.7. The Morgan fingerprint density at radius 1 is 1.25 bits per heavy atom. The normalized spacial score (nSPS) is 24.8. The highest BCUT2D eigenvalue weighted by Crippen LogP contribution is 2.30. The summed E-state index contributed by atoms with van der Waals surface area (Å²) >= 11 is 0. The van der Waals surface area contributed by atoms with Crippen molar-refractivity contribution >= 4 is 16.7 Å². The number of nitrogens with zero attached hydrogens (tertiary/aromatic N) is 4. The van der Waals surface area contributed by atoms with Crippen LogP contribution in [-0.4, -0.2) is 59.6 Å². The summed E-state index contributed by atoms with van der Waals surface area (Å²) in [5.74, 6) is 0.512. The summed E-state index contributed by atoms with van der Waals surface area (Å²) in [6, 6.07) is 6.31. The maximum atomic E-state index is 10.7. The molecule has 2 aliphatic rings. The predicted molar refractivity (Wildman–Crippen MR) is 107 cm³/mol. The van der Waals surface area contributed by atoms with Gasteiger partial charge in [0.25, 0.3) is 0 Å². The molecule has 0 bridgehead atoms. The number of piperidine rings is 1. The highest BCUT2D eigenvalue weighted by Gasteiger charge is 2.32. The molecule has 2 saturated heterocycles. The van der Waals surface area contributed by atoms with Crippen molar-refractivity contribution in [2.45, 2.75) is 37.8 Å². The topological polar surface area (TPSA) is 94.3 Å². The Bertz CT molecular complexity index is 875. The van der Waals surface area contributed by atoms with Crippen molar-refractivity contribution in [3.63, 3.8) is 0 Å². The van der Waals surface area contributed by atoms with Crippen molar-refractivity contribution < 1.29 is 9.84 Å². The zero-order valence-electron chi connectivity index (χ0n) is 16.3. The molecule has 2 aromatic rings. The number of hydrogen-bond donors (Lipinski definition) is 2. The maximum Gasteiger partial charge on any atom is 0.113 e. The number of hydrogen-bond acceptors (Lipinski definition) is 7. The third kappa shape index (κ3) is 3.95. The van der Waals surface area contributed by atoms with E-state index in [1.807, 2.05) is 12.1 Å². The van der Waals surface area contributed by atoms with E-state index < -0.39 is 5.60 Å². The molecule has 7 nitrogen and oxygen atoms in total. The molecule has 1 aromatic heterocycles. The molecule has 0 saturated carbocycles. The molecule has 1 aromatic carbocycles. The molecule has 2 fully saturated rings. The molecule has 7 heteroatoms. The van der Waals surface area contributed by atoms with Crippen molar-refractivity contribution in [1.82, 2.24) is 15.3 Å². The first-order chi connectivity index (χ1) is 13.6. The summed E-state index contributed by atoms with van der Waals surface area (Å²) in [7, 11) is 0. The minimum absolute atomic E-state index is 0.290. The molecule has 2 N–H and O–H groups in total. The highest BCUT2D eigenvalue weighted by molar-refractivity contribution is 5.92. The number of rotatable bonds is 4. The van der Waals surface area contributed by atoms with Crippen molar-refractivity contribution in [3.05, 3.63) is 30.1 Å².